The highest BCUT2D eigenvalue weighted by atomic mass is 35.5. The number of carbonyl (C=O) groups excluding carboxylic acids is 1. The number of nitrogens with zero attached hydrogens (tertiary/aromatic N) is 1. The van der Waals surface area contributed by atoms with Gasteiger partial charge in [0.25, 0.3) is 5.91 Å². The van der Waals surface area contributed by atoms with Crippen LogP contribution in [0.1, 0.15) is 27.2 Å². The summed E-state index contributed by atoms with van der Waals surface area (Å²) < 4.78 is 38.0. The molecule has 0 aliphatic carbocycles. The van der Waals surface area contributed by atoms with Crippen LogP contribution in [0.25, 0.3) is 10.9 Å². The number of halogens is 4. The van der Waals surface area contributed by atoms with Crippen LogP contribution in [0, 0.1) is 0 Å². The van der Waals surface area contributed by atoms with Crippen molar-refractivity contribution in [1.82, 2.24) is 9.88 Å². The largest absolute Gasteiger partial charge is 0.416 e. The van der Waals surface area contributed by atoms with Gasteiger partial charge in [-0.25, -0.2) is 0 Å². The minimum absolute atomic E-state index is 0.254. The maximum atomic E-state index is 12.7. The number of rotatable bonds is 1. The van der Waals surface area contributed by atoms with Gasteiger partial charge in [0.2, 0.25) is 0 Å². The first-order valence-corrected chi connectivity index (χ1v) is 8.46. The SMILES string of the molecule is O=C(c1ccc(C(F)(F)F)cc1)N1CCc2[nH]c3cc(Cl)ccc3c2C1. The van der Waals surface area contributed by atoms with Gasteiger partial charge in [-0.2, -0.15) is 13.2 Å². The van der Waals surface area contributed by atoms with Crippen LogP contribution in [0.2, 0.25) is 5.02 Å². The van der Waals surface area contributed by atoms with Crippen LogP contribution in [0.4, 0.5) is 13.2 Å². The van der Waals surface area contributed by atoms with E-state index in [1.807, 2.05) is 12.1 Å². The van der Waals surface area contributed by atoms with E-state index in [1.165, 1.54) is 12.1 Å². The summed E-state index contributed by atoms with van der Waals surface area (Å²) in [5, 5.41) is 1.64. The van der Waals surface area contributed by atoms with Gasteiger partial charge in [0, 0.05) is 52.3 Å². The van der Waals surface area contributed by atoms with Crippen molar-refractivity contribution in [1.29, 1.82) is 0 Å². The van der Waals surface area contributed by atoms with Gasteiger partial charge >= 0.3 is 6.18 Å². The van der Waals surface area contributed by atoms with Crippen LogP contribution in [0.5, 0.6) is 0 Å². The third-order valence-corrected chi connectivity index (χ3v) is 4.92. The Morgan fingerprint density at radius 2 is 1.85 bits per heavy atom. The van der Waals surface area contributed by atoms with Gasteiger partial charge in [-0.3, -0.25) is 4.79 Å². The zero-order valence-corrected chi connectivity index (χ0v) is 14.3. The van der Waals surface area contributed by atoms with Gasteiger partial charge in [0.1, 0.15) is 0 Å². The molecule has 0 saturated heterocycles. The van der Waals surface area contributed by atoms with Crippen molar-refractivity contribution in [2.24, 2.45) is 0 Å². The second kappa shape index (κ2) is 6.06. The summed E-state index contributed by atoms with van der Waals surface area (Å²) in [5.74, 6) is -0.271. The third-order valence-electron chi connectivity index (χ3n) is 4.68. The molecule has 0 spiro atoms. The summed E-state index contributed by atoms with van der Waals surface area (Å²) in [6, 6.07) is 9.91. The number of aromatic amines is 1. The lowest BCUT2D eigenvalue weighted by Gasteiger charge is -2.27. The van der Waals surface area contributed by atoms with Crippen LogP contribution in [-0.4, -0.2) is 22.3 Å². The lowest BCUT2D eigenvalue weighted by atomic mass is 10.0. The number of H-pyrrole nitrogens is 1. The molecular weight excluding hydrogens is 365 g/mol. The normalized spacial score (nSPS) is 14.5. The summed E-state index contributed by atoms with van der Waals surface area (Å²) in [4.78, 5) is 17.7. The second-order valence-corrected chi connectivity index (χ2v) is 6.76. The standard InChI is InChI=1S/C19H14ClF3N2O/c20-13-5-6-14-15-10-25(8-7-16(15)24-17(14)9-13)18(26)11-1-3-12(4-2-11)19(21,22)23/h1-6,9,24H,7-8,10H2. The molecule has 134 valence electrons. The quantitative estimate of drug-likeness (QED) is 0.632. The summed E-state index contributed by atoms with van der Waals surface area (Å²) in [6.07, 6.45) is -3.75. The number of alkyl halides is 3. The molecule has 0 fully saturated rings. The van der Waals surface area contributed by atoms with E-state index in [-0.39, 0.29) is 11.5 Å². The number of hydrogen-bond acceptors (Lipinski definition) is 1. The molecule has 1 aliphatic heterocycles. The van der Waals surface area contributed by atoms with Crippen molar-refractivity contribution in [3.05, 3.63) is 69.9 Å². The molecule has 3 nitrogen and oxygen atoms in total. The highest BCUT2D eigenvalue weighted by Crippen LogP contribution is 2.31. The molecule has 2 aromatic carbocycles. The number of hydrogen-bond donors (Lipinski definition) is 1. The Bertz CT molecular complexity index is 992. The smallest absolute Gasteiger partial charge is 0.358 e. The molecule has 0 saturated carbocycles. The number of benzene rings is 2. The molecule has 0 radical (unpaired) electrons. The highest BCUT2D eigenvalue weighted by Gasteiger charge is 2.31. The minimum atomic E-state index is -4.41. The van der Waals surface area contributed by atoms with E-state index in [2.05, 4.69) is 4.98 Å². The van der Waals surface area contributed by atoms with E-state index in [0.717, 1.165) is 34.3 Å². The van der Waals surface area contributed by atoms with E-state index in [0.29, 0.717) is 24.5 Å². The van der Waals surface area contributed by atoms with Crippen molar-refractivity contribution in [2.45, 2.75) is 19.1 Å². The monoisotopic (exact) mass is 378 g/mol. The van der Waals surface area contributed by atoms with Crippen LogP contribution >= 0.6 is 11.6 Å². The van der Waals surface area contributed by atoms with E-state index in [9.17, 15) is 18.0 Å². The molecule has 1 N–H and O–H groups in total. The van der Waals surface area contributed by atoms with Crippen LogP contribution < -0.4 is 0 Å². The molecule has 2 heterocycles. The molecule has 7 heteroatoms. The van der Waals surface area contributed by atoms with E-state index in [1.54, 1.807) is 11.0 Å². The maximum absolute atomic E-state index is 12.7. The van der Waals surface area contributed by atoms with Crippen molar-refractivity contribution in [3.63, 3.8) is 0 Å². The van der Waals surface area contributed by atoms with Crippen molar-refractivity contribution in [3.8, 4) is 0 Å². The predicted molar refractivity (Wildman–Crippen MR) is 93.2 cm³/mol. The van der Waals surface area contributed by atoms with Gasteiger partial charge in [0.15, 0.2) is 0 Å². The lowest BCUT2D eigenvalue weighted by molar-refractivity contribution is -0.137. The molecule has 4 rings (SSSR count). The number of carbonyl (C=O) groups is 1. The fraction of sp³-hybridized carbons (Fsp3) is 0.211. The molecule has 26 heavy (non-hydrogen) atoms. The zero-order chi connectivity index (χ0) is 18.5. The average Bonchev–Trinajstić information content (AvgIpc) is 2.97. The molecule has 1 aliphatic rings. The predicted octanol–water partition coefficient (Wildman–Crippen LogP) is 5.04. The lowest BCUT2D eigenvalue weighted by Crippen LogP contribution is -2.35. The highest BCUT2D eigenvalue weighted by molar-refractivity contribution is 6.31. The first kappa shape index (κ1) is 17.0. The summed E-state index contributed by atoms with van der Waals surface area (Å²) in [5.41, 5.74) is 2.51. The Morgan fingerprint density at radius 3 is 2.54 bits per heavy atom. The number of amides is 1. The Morgan fingerprint density at radius 1 is 1.12 bits per heavy atom. The number of aromatic nitrogens is 1. The average molecular weight is 379 g/mol. The molecule has 0 bridgehead atoms. The minimum Gasteiger partial charge on any atom is -0.358 e. The van der Waals surface area contributed by atoms with Gasteiger partial charge < -0.3 is 9.88 Å². The Balaban J connectivity index is 1.60. The topological polar surface area (TPSA) is 36.1 Å². The van der Waals surface area contributed by atoms with Crippen molar-refractivity contribution < 1.29 is 18.0 Å². The summed E-state index contributed by atoms with van der Waals surface area (Å²) >= 11 is 6.02. The fourth-order valence-corrected chi connectivity index (χ4v) is 3.52. The number of nitrogens with one attached hydrogen (secondary N) is 1. The van der Waals surface area contributed by atoms with E-state index in [4.69, 9.17) is 11.6 Å². The van der Waals surface area contributed by atoms with Gasteiger partial charge in [-0.05, 0) is 36.4 Å². The van der Waals surface area contributed by atoms with E-state index < -0.39 is 11.7 Å². The summed E-state index contributed by atoms with van der Waals surface area (Å²) in [6.45, 7) is 0.921. The molecule has 0 atom stereocenters. The molecular formula is C19H14ClF3N2O. The van der Waals surface area contributed by atoms with Gasteiger partial charge in [-0.1, -0.05) is 17.7 Å². The van der Waals surface area contributed by atoms with Gasteiger partial charge in [0.05, 0.1) is 5.56 Å². The van der Waals surface area contributed by atoms with Crippen LogP contribution in [-0.2, 0) is 19.1 Å². The Kier molecular flexibility index (Phi) is 3.95. The number of fused-ring (bicyclic) bond motifs is 3. The van der Waals surface area contributed by atoms with Crippen LogP contribution in [0.15, 0.2) is 42.5 Å². The molecule has 3 aromatic rings. The fourth-order valence-electron chi connectivity index (χ4n) is 3.35. The summed E-state index contributed by atoms with van der Waals surface area (Å²) in [7, 11) is 0. The van der Waals surface area contributed by atoms with E-state index >= 15 is 0 Å². The second-order valence-electron chi connectivity index (χ2n) is 6.32. The van der Waals surface area contributed by atoms with Crippen LogP contribution in [0.3, 0.4) is 0 Å². The maximum Gasteiger partial charge on any atom is 0.416 e. The van der Waals surface area contributed by atoms with Crippen molar-refractivity contribution >= 4 is 28.4 Å². The molecule has 1 aromatic heterocycles. The van der Waals surface area contributed by atoms with Crippen molar-refractivity contribution in [2.75, 3.05) is 6.54 Å². The first-order valence-electron chi connectivity index (χ1n) is 8.08. The third kappa shape index (κ3) is 2.94. The zero-order valence-electron chi connectivity index (χ0n) is 13.5. The van der Waals surface area contributed by atoms with Gasteiger partial charge in [-0.15, -0.1) is 0 Å². The Labute approximate surface area is 152 Å². The molecule has 1 amide bonds. The first-order chi connectivity index (χ1) is 12.3. The Hall–Kier alpha value is -2.47. The molecule has 0 unspecified atom stereocenters.